The van der Waals surface area contributed by atoms with Gasteiger partial charge in [-0.3, -0.25) is 0 Å². The van der Waals surface area contributed by atoms with Crippen molar-refractivity contribution in [2.24, 2.45) is 5.92 Å². The number of hydrogen-bond donors (Lipinski definition) is 1. The van der Waals surface area contributed by atoms with Crippen molar-refractivity contribution >= 4 is 5.97 Å². The monoisotopic (exact) mass is 324 g/mol. The van der Waals surface area contributed by atoms with Gasteiger partial charge in [0.15, 0.2) is 0 Å². The fourth-order valence-electron chi connectivity index (χ4n) is 1.46. The zero-order chi connectivity index (χ0) is 16.5. The topological polar surface area (TPSA) is 92.7 Å². The predicted molar refractivity (Wildman–Crippen MR) is 78.2 cm³/mol. The lowest BCUT2D eigenvalue weighted by Gasteiger charge is -2.17. The van der Waals surface area contributed by atoms with Crippen LogP contribution in [0.2, 0.25) is 0 Å². The van der Waals surface area contributed by atoms with Gasteiger partial charge in [0, 0.05) is 20.1 Å². The molecule has 0 aromatic carbocycles. The SMILES string of the molecule is COCCOCC(COCCOC)COCCOCC(=O)O. The lowest BCUT2D eigenvalue weighted by molar-refractivity contribution is -0.142. The van der Waals surface area contributed by atoms with Gasteiger partial charge < -0.3 is 33.5 Å². The molecule has 0 rings (SSSR count). The van der Waals surface area contributed by atoms with Gasteiger partial charge in [-0.25, -0.2) is 4.79 Å². The van der Waals surface area contributed by atoms with Gasteiger partial charge >= 0.3 is 5.97 Å². The van der Waals surface area contributed by atoms with Crippen molar-refractivity contribution in [2.45, 2.75) is 0 Å². The summed E-state index contributed by atoms with van der Waals surface area (Å²) in [5, 5.41) is 8.42. The lowest BCUT2D eigenvalue weighted by Crippen LogP contribution is -2.24. The molecule has 0 heterocycles. The summed E-state index contributed by atoms with van der Waals surface area (Å²) in [6.45, 7) is 3.86. The van der Waals surface area contributed by atoms with Crippen molar-refractivity contribution in [2.75, 3.05) is 80.3 Å². The van der Waals surface area contributed by atoms with Crippen molar-refractivity contribution in [3.8, 4) is 0 Å². The van der Waals surface area contributed by atoms with Crippen LogP contribution in [0.15, 0.2) is 0 Å². The molecule has 0 atom stereocenters. The molecule has 0 amide bonds. The van der Waals surface area contributed by atoms with Gasteiger partial charge in [0.05, 0.1) is 59.5 Å². The van der Waals surface area contributed by atoms with Crippen LogP contribution in [0, 0.1) is 5.92 Å². The molecule has 0 unspecified atom stereocenters. The molecule has 0 bridgehead atoms. The summed E-state index contributed by atoms with van der Waals surface area (Å²) in [6.07, 6.45) is 0. The predicted octanol–water partition coefficient (Wildman–Crippen LogP) is 0.0464. The quantitative estimate of drug-likeness (QED) is 0.375. The summed E-state index contributed by atoms with van der Waals surface area (Å²) in [5.74, 6) is -0.899. The average Bonchev–Trinajstić information content (AvgIpc) is 2.50. The smallest absolute Gasteiger partial charge is 0.329 e. The van der Waals surface area contributed by atoms with E-state index in [1.165, 1.54) is 0 Å². The van der Waals surface area contributed by atoms with Crippen molar-refractivity contribution in [1.82, 2.24) is 0 Å². The standard InChI is InChI=1S/C14H28O8/c1-17-3-5-19-9-13(10-20-6-4-18-2)11-21-7-8-22-12-14(15)16/h13H,3-12H2,1-2H3,(H,15,16). The second-order valence-electron chi connectivity index (χ2n) is 4.52. The first-order chi connectivity index (χ1) is 10.7. The van der Waals surface area contributed by atoms with E-state index in [0.717, 1.165) is 0 Å². The van der Waals surface area contributed by atoms with Crippen LogP contribution in [0.5, 0.6) is 0 Å². The zero-order valence-electron chi connectivity index (χ0n) is 13.5. The van der Waals surface area contributed by atoms with Gasteiger partial charge in [0.1, 0.15) is 6.61 Å². The van der Waals surface area contributed by atoms with E-state index in [-0.39, 0.29) is 19.1 Å². The van der Waals surface area contributed by atoms with Crippen LogP contribution in [0.25, 0.3) is 0 Å². The van der Waals surface area contributed by atoms with E-state index in [2.05, 4.69) is 0 Å². The summed E-state index contributed by atoms with van der Waals surface area (Å²) in [4.78, 5) is 10.3. The summed E-state index contributed by atoms with van der Waals surface area (Å²) in [7, 11) is 3.24. The van der Waals surface area contributed by atoms with Gasteiger partial charge in [0.25, 0.3) is 0 Å². The van der Waals surface area contributed by atoms with Gasteiger partial charge in [-0.05, 0) is 0 Å². The molecule has 0 aliphatic heterocycles. The summed E-state index contributed by atoms with van der Waals surface area (Å²) >= 11 is 0. The fourth-order valence-corrected chi connectivity index (χ4v) is 1.46. The van der Waals surface area contributed by atoms with E-state index in [9.17, 15) is 4.79 Å². The Morgan fingerprint density at radius 2 is 1.18 bits per heavy atom. The number of carbonyl (C=O) groups is 1. The number of hydrogen-bond acceptors (Lipinski definition) is 7. The first-order valence-corrected chi connectivity index (χ1v) is 7.21. The number of rotatable bonds is 17. The maximum Gasteiger partial charge on any atom is 0.329 e. The molecule has 0 aromatic heterocycles. The molecule has 8 heteroatoms. The largest absolute Gasteiger partial charge is 0.480 e. The summed E-state index contributed by atoms with van der Waals surface area (Å²) in [5.41, 5.74) is 0. The van der Waals surface area contributed by atoms with Crippen LogP contribution in [0.4, 0.5) is 0 Å². The van der Waals surface area contributed by atoms with E-state index in [0.29, 0.717) is 52.9 Å². The molecule has 132 valence electrons. The normalized spacial score (nSPS) is 11.2. The summed E-state index contributed by atoms with van der Waals surface area (Å²) in [6, 6.07) is 0. The third-order valence-electron chi connectivity index (χ3n) is 2.52. The maximum atomic E-state index is 10.3. The second-order valence-corrected chi connectivity index (χ2v) is 4.52. The lowest BCUT2D eigenvalue weighted by atomic mass is 10.2. The van der Waals surface area contributed by atoms with E-state index >= 15 is 0 Å². The molecule has 0 saturated heterocycles. The van der Waals surface area contributed by atoms with Crippen molar-refractivity contribution < 1.29 is 38.3 Å². The Bertz CT molecular complexity index is 237. The van der Waals surface area contributed by atoms with E-state index in [4.69, 9.17) is 33.5 Å². The van der Waals surface area contributed by atoms with E-state index in [1.807, 2.05) is 0 Å². The number of carboxylic acids is 1. The van der Waals surface area contributed by atoms with Gasteiger partial charge in [0.2, 0.25) is 0 Å². The van der Waals surface area contributed by atoms with E-state index in [1.54, 1.807) is 14.2 Å². The Morgan fingerprint density at radius 3 is 1.59 bits per heavy atom. The van der Waals surface area contributed by atoms with Crippen LogP contribution in [-0.4, -0.2) is 91.4 Å². The third kappa shape index (κ3) is 15.6. The molecule has 0 aliphatic rings. The number of carboxylic acid groups (broad SMARTS) is 1. The Kier molecular flexibility index (Phi) is 16.0. The Hall–Kier alpha value is -0.770. The van der Waals surface area contributed by atoms with Crippen molar-refractivity contribution in [3.05, 3.63) is 0 Å². The zero-order valence-corrected chi connectivity index (χ0v) is 13.5. The van der Waals surface area contributed by atoms with Crippen LogP contribution >= 0.6 is 0 Å². The fraction of sp³-hybridized carbons (Fsp3) is 0.929. The van der Waals surface area contributed by atoms with Crippen LogP contribution < -0.4 is 0 Å². The minimum absolute atomic E-state index is 0.0909. The number of methoxy groups -OCH3 is 2. The molecule has 0 aromatic rings. The molecular formula is C14H28O8. The van der Waals surface area contributed by atoms with Gasteiger partial charge in [-0.2, -0.15) is 0 Å². The second kappa shape index (κ2) is 16.6. The molecule has 8 nitrogen and oxygen atoms in total. The third-order valence-corrected chi connectivity index (χ3v) is 2.52. The first-order valence-electron chi connectivity index (χ1n) is 7.21. The van der Waals surface area contributed by atoms with Crippen molar-refractivity contribution in [1.29, 1.82) is 0 Å². The average molecular weight is 324 g/mol. The van der Waals surface area contributed by atoms with E-state index < -0.39 is 5.97 Å². The highest BCUT2D eigenvalue weighted by Gasteiger charge is 2.10. The Morgan fingerprint density at radius 1 is 0.773 bits per heavy atom. The molecule has 0 radical (unpaired) electrons. The molecule has 0 fully saturated rings. The molecule has 22 heavy (non-hydrogen) atoms. The molecule has 0 aliphatic carbocycles. The number of aliphatic carboxylic acids is 1. The molecule has 1 N–H and O–H groups in total. The van der Waals surface area contributed by atoms with Crippen molar-refractivity contribution in [3.63, 3.8) is 0 Å². The maximum absolute atomic E-state index is 10.3. The van der Waals surface area contributed by atoms with Gasteiger partial charge in [-0.1, -0.05) is 0 Å². The van der Waals surface area contributed by atoms with Gasteiger partial charge in [-0.15, -0.1) is 0 Å². The highest BCUT2D eigenvalue weighted by molar-refractivity contribution is 5.67. The molecule has 0 saturated carbocycles. The Labute approximate surface area is 131 Å². The Balaban J connectivity index is 3.72. The number of ether oxygens (including phenoxy) is 6. The summed E-state index contributed by atoms with van der Waals surface area (Å²) < 4.78 is 31.1. The highest BCUT2D eigenvalue weighted by atomic mass is 16.5. The minimum Gasteiger partial charge on any atom is -0.480 e. The van der Waals surface area contributed by atoms with Crippen LogP contribution in [0.1, 0.15) is 0 Å². The highest BCUT2D eigenvalue weighted by Crippen LogP contribution is 2.01. The molecule has 0 spiro atoms. The first kappa shape index (κ1) is 21.2. The van der Waals surface area contributed by atoms with Crippen LogP contribution in [-0.2, 0) is 33.2 Å². The minimum atomic E-state index is -0.990. The van der Waals surface area contributed by atoms with Crippen LogP contribution in [0.3, 0.4) is 0 Å². The molecular weight excluding hydrogens is 296 g/mol.